The van der Waals surface area contributed by atoms with Crippen LogP contribution in [0, 0.1) is 5.82 Å². The zero-order valence-electron chi connectivity index (χ0n) is 15.0. The number of anilines is 2. The summed E-state index contributed by atoms with van der Waals surface area (Å²) in [5.74, 6) is -0.165. The molecule has 26 heavy (non-hydrogen) atoms. The van der Waals surface area contributed by atoms with Crippen LogP contribution in [0.25, 0.3) is 10.9 Å². The fourth-order valence-corrected chi connectivity index (χ4v) is 4.43. The van der Waals surface area contributed by atoms with Gasteiger partial charge in [-0.15, -0.1) is 0 Å². The first-order valence-corrected chi connectivity index (χ1v) is 9.67. The number of aromatic nitrogens is 1. The summed E-state index contributed by atoms with van der Waals surface area (Å²) in [5, 5.41) is 1.02. The maximum Gasteiger partial charge on any atom is 0.123 e. The van der Waals surface area contributed by atoms with Crippen LogP contribution in [0.3, 0.4) is 0 Å². The van der Waals surface area contributed by atoms with Gasteiger partial charge in [-0.3, -0.25) is 0 Å². The van der Waals surface area contributed by atoms with Crippen molar-refractivity contribution in [3.63, 3.8) is 0 Å². The van der Waals surface area contributed by atoms with Gasteiger partial charge in [0, 0.05) is 66.1 Å². The molecule has 0 amide bonds. The molecule has 3 nitrogen and oxygen atoms in total. The van der Waals surface area contributed by atoms with E-state index in [1.165, 1.54) is 61.1 Å². The van der Waals surface area contributed by atoms with E-state index in [9.17, 15) is 4.39 Å². The van der Waals surface area contributed by atoms with Gasteiger partial charge in [0.2, 0.25) is 0 Å². The lowest BCUT2D eigenvalue weighted by Crippen LogP contribution is -2.31. The Kier molecular flexibility index (Phi) is 3.84. The van der Waals surface area contributed by atoms with Gasteiger partial charge in [0.25, 0.3) is 0 Å². The molecule has 5 rings (SSSR count). The summed E-state index contributed by atoms with van der Waals surface area (Å²) in [5.41, 5.74) is 6.12. The Morgan fingerprint density at radius 3 is 2.31 bits per heavy atom. The monoisotopic (exact) mass is 349 g/mol. The summed E-state index contributed by atoms with van der Waals surface area (Å²) in [7, 11) is 0. The lowest BCUT2D eigenvalue weighted by molar-refractivity contribution is 0.578. The molecule has 2 aliphatic heterocycles. The highest BCUT2D eigenvalue weighted by Gasteiger charge is 2.21. The smallest absolute Gasteiger partial charge is 0.123 e. The van der Waals surface area contributed by atoms with E-state index in [2.05, 4.69) is 39.0 Å². The maximum absolute atomic E-state index is 13.7. The number of H-pyrrole nitrogens is 1. The Balaban J connectivity index is 1.40. The third-order valence-electron chi connectivity index (χ3n) is 5.87. The van der Waals surface area contributed by atoms with Crippen molar-refractivity contribution in [3.05, 3.63) is 59.5 Å². The Labute approximate surface area is 153 Å². The highest BCUT2D eigenvalue weighted by molar-refractivity contribution is 5.85. The van der Waals surface area contributed by atoms with Crippen molar-refractivity contribution in [3.8, 4) is 0 Å². The molecule has 0 aliphatic carbocycles. The molecule has 4 heteroatoms. The van der Waals surface area contributed by atoms with Gasteiger partial charge in [-0.1, -0.05) is 0 Å². The van der Waals surface area contributed by atoms with Crippen LogP contribution in [0.4, 0.5) is 15.8 Å². The Bertz CT molecular complexity index is 922. The first kappa shape index (κ1) is 15.7. The lowest BCUT2D eigenvalue weighted by atomic mass is 10.0. The minimum atomic E-state index is -0.165. The van der Waals surface area contributed by atoms with Crippen molar-refractivity contribution < 1.29 is 4.39 Å². The van der Waals surface area contributed by atoms with Gasteiger partial charge in [0.05, 0.1) is 0 Å². The molecule has 3 heterocycles. The van der Waals surface area contributed by atoms with Crippen LogP contribution in [-0.4, -0.2) is 24.6 Å². The molecule has 0 unspecified atom stereocenters. The molecule has 1 saturated heterocycles. The predicted molar refractivity (Wildman–Crippen MR) is 106 cm³/mol. The fourth-order valence-electron chi connectivity index (χ4n) is 4.43. The molecule has 0 spiro atoms. The Morgan fingerprint density at radius 2 is 1.54 bits per heavy atom. The van der Waals surface area contributed by atoms with Crippen molar-refractivity contribution in [2.45, 2.75) is 32.2 Å². The Hall–Kier alpha value is -2.49. The summed E-state index contributed by atoms with van der Waals surface area (Å²) in [6.07, 6.45) is 4.93. The highest BCUT2D eigenvalue weighted by Crippen LogP contribution is 2.31. The minimum Gasteiger partial charge on any atom is -0.372 e. The third kappa shape index (κ3) is 2.74. The standard InChI is InChI=1S/C22H24FN3/c23-16-4-9-21-19(14-16)20-15-26(13-10-22(20)24-21)18-7-5-17(6-8-18)25-11-2-1-3-12-25/h4-9,14,24H,1-3,10-13,15H2. The van der Waals surface area contributed by atoms with E-state index in [1.807, 2.05) is 6.07 Å². The van der Waals surface area contributed by atoms with Crippen LogP contribution in [0.5, 0.6) is 0 Å². The average molecular weight is 349 g/mol. The third-order valence-corrected chi connectivity index (χ3v) is 5.87. The van der Waals surface area contributed by atoms with Crippen LogP contribution < -0.4 is 9.80 Å². The second-order valence-electron chi connectivity index (χ2n) is 7.51. The molecule has 1 fully saturated rings. The number of hydrogen-bond acceptors (Lipinski definition) is 2. The van der Waals surface area contributed by atoms with Crippen LogP contribution in [0.1, 0.15) is 30.5 Å². The van der Waals surface area contributed by atoms with Gasteiger partial charge in [-0.2, -0.15) is 0 Å². The van der Waals surface area contributed by atoms with Crippen molar-refractivity contribution in [2.24, 2.45) is 0 Å². The van der Waals surface area contributed by atoms with Crippen LogP contribution in [0.15, 0.2) is 42.5 Å². The zero-order valence-corrected chi connectivity index (χ0v) is 15.0. The quantitative estimate of drug-likeness (QED) is 0.714. The molecule has 2 aromatic carbocycles. The number of rotatable bonds is 2. The number of fused-ring (bicyclic) bond motifs is 3. The van der Waals surface area contributed by atoms with E-state index in [-0.39, 0.29) is 5.82 Å². The van der Waals surface area contributed by atoms with E-state index < -0.39 is 0 Å². The molecule has 134 valence electrons. The SMILES string of the molecule is Fc1ccc2[nH]c3c(c2c1)CN(c1ccc(N2CCCCC2)cc1)CC3. The van der Waals surface area contributed by atoms with Gasteiger partial charge < -0.3 is 14.8 Å². The van der Waals surface area contributed by atoms with Gasteiger partial charge in [-0.25, -0.2) is 4.39 Å². The first-order valence-electron chi connectivity index (χ1n) is 9.67. The molecule has 0 saturated carbocycles. The number of halogens is 1. The van der Waals surface area contributed by atoms with Gasteiger partial charge in [-0.05, 0) is 61.7 Å². The summed E-state index contributed by atoms with van der Waals surface area (Å²) >= 11 is 0. The maximum atomic E-state index is 13.7. The fraction of sp³-hybridized carbons (Fsp3) is 0.364. The summed E-state index contributed by atoms with van der Waals surface area (Å²) in [6, 6.07) is 14.0. The number of hydrogen-bond donors (Lipinski definition) is 1. The van der Waals surface area contributed by atoms with Crippen molar-refractivity contribution >= 4 is 22.3 Å². The number of benzene rings is 2. The molecule has 0 atom stereocenters. The summed E-state index contributed by atoms with van der Waals surface area (Å²) < 4.78 is 13.7. The van der Waals surface area contributed by atoms with Crippen molar-refractivity contribution in [1.29, 1.82) is 0 Å². The minimum absolute atomic E-state index is 0.165. The number of aromatic amines is 1. The second kappa shape index (κ2) is 6.35. The molecule has 2 aliphatic rings. The topological polar surface area (TPSA) is 22.3 Å². The predicted octanol–water partition coefficient (Wildman–Crippen LogP) is 4.86. The van der Waals surface area contributed by atoms with Crippen molar-refractivity contribution in [2.75, 3.05) is 29.4 Å². The first-order chi connectivity index (χ1) is 12.8. The second-order valence-corrected chi connectivity index (χ2v) is 7.51. The van der Waals surface area contributed by atoms with Gasteiger partial charge in [0.15, 0.2) is 0 Å². The highest BCUT2D eigenvalue weighted by atomic mass is 19.1. The zero-order chi connectivity index (χ0) is 17.5. The Morgan fingerprint density at radius 1 is 0.808 bits per heavy atom. The number of piperidine rings is 1. The normalized spacial score (nSPS) is 17.6. The van der Waals surface area contributed by atoms with Crippen LogP contribution in [-0.2, 0) is 13.0 Å². The molecule has 1 aromatic heterocycles. The van der Waals surface area contributed by atoms with Crippen LogP contribution in [0.2, 0.25) is 0 Å². The van der Waals surface area contributed by atoms with E-state index >= 15 is 0 Å². The molecule has 0 bridgehead atoms. The number of nitrogens with one attached hydrogen (secondary N) is 1. The van der Waals surface area contributed by atoms with Gasteiger partial charge >= 0.3 is 0 Å². The molecule has 0 radical (unpaired) electrons. The van der Waals surface area contributed by atoms with E-state index in [4.69, 9.17) is 0 Å². The number of nitrogens with zero attached hydrogens (tertiary/aromatic N) is 2. The molecular weight excluding hydrogens is 325 g/mol. The average Bonchev–Trinajstić information content (AvgIpc) is 3.06. The van der Waals surface area contributed by atoms with Gasteiger partial charge in [0.1, 0.15) is 5.82 Å². The summed E-state index contributed by atoms with van der Waals surface area (Å²) in [6.45, 7) is 4.17. The summed E-state index contributed by atoms with van der Waals surface area (Å²) in [4.78, 5) is 8.36. The largest absolute Gasteiger partial charge is 0.372 e. The van der Waals surface area contributed by atoms with Crippen LogP contribution >= 0.6 is 0 Å². The molecule has 3 aromatic rings. The van der Waals surface area contributed by atoms with E-state index in [0.29, 0.717) is 0 Å². The van der Waals surface area contributed by atoms with E-state index in [0.717, 1.165) is 30.4 Å². The lowest BCUT2D eigenvalue weighted by Gasteiger charge is -2.31. The molecule has 1 N–H and O–H groups in total. The molecular formula is C22H24FN3. The van der Waals surface area contributed by atoms with E-state index in [1.54, 1.807) is 6.07 Å². The van der Waals surface area contributed by atoms with Crippen molar-refractivity contribution in [1.82, 2.24) is 4.98 Å².